The molecule has 5 rings (SSSR count). The number of ketones is 1. The van der Waals surface area contributed by atoms with E-state index in [4.69, 9.17) is 14.2 Å². The summed E-state index contributed by atoms with van der Waals surface area (Å²) in [4.78, 5) is 46.0. The molecule has 0 bridgehead atoms. The second-order valence-corrected chi connectivity index (χ2v) is 12.0. The van der Waals surface area contributed by atoms with Crippen LogP contribution in [0.3, 0.4) is 0 Å². The molecule has 1 amide bonds. The molecule has 0 aliphatic carbocycles. The average molecular weight is 603 g/mol. The van der Waals surface area contributed by atoms with Gasteiger partial charge < -0.3 is 19.3 Å². The van der Waals surface area contributed by atoms with Crippen molar-refractivity contribution in [3.05, 3.63) is 88.0 Å². The van der Waals surface area contributed by atoms with Crippen LogP contribution in [0.4, 0.5) is 5.13 Å². The number of aryl methyl sites for hydroxylation is 1. The minimum Gasteiger partial charge on any atom is -0.507 e. The number of aliphatic hydroxyl groups excluding tert-OH is 1. The van der Waals surface area contributed by atoms with Crippen LogP contribution in [0.1, 0.15) is 65.3 Å². The topological polar surface area (TPSA) is 115 Å². The Balaban J connectivity index is 1.62. The smallest absolute Gasteiger partial charge is 0.350 e. The Hall–Kier alpha value is -4.44. The number of benzene rings is 2. The number of Topliss-reactive ketones (excluding diaryl/α,β-unsaturated/α-hetero) is 1. The van der Waals surface area contributed by atoms with Crippen molar-refractivity contribution in [2.45, 2.75) is 52.7 Å². The van der Waals surface area contributed by atoms with Crippen molar-refractivity contribution < 1.29 is 33.7 Å². The van der Waals surface area contributed by atoms with E-state index in [1.54, 1.807) is 49.4 Å². The quantitative estimate of drug-likeness (QED) is 0.0964. The van der Waals surface area contributed by atoms with Gasteiger partial charge >= 0.3 is 11.9 Å². The maximum Gasteiger partial charge on any atom is 0.350 e. The first-order valence-corrected chi connectivity index (χ1v) is 15.0. The van der Waals surface area contributed by atoms with Crippen LogP contribution in [0, 0.1) is 12.8 Å². The SMILES string of the molecule is C=CCOC(=O)c1sc(N2C(=O)C(=O)/C(=C(/O)c3ccc4c(c3)C[C@H](C)O4)[C@H]2c2cccc(OCCC(C)C)c2)nc1C. The minimum absolute atomic E-state index is 0.00285. The van der Waals surface area contributed by atoms with Crippen LogP contribution in [0.5, 0.6) is 11.5 Å². The molecular weight excluding hydrogens is 568 g/mol. The highest BCUT2D eigenvalue weighted by Gasteiger charge is 2.48. The summed E-state index contributed by atoms with van der Waals surface area (Å²) < 4.78 is 17.0. The molecule has 2 atom stereocenters. The molecule has 0 radical (unpaired) electrons. The average Bonchev–Trinajstić information content (AvgIpc) is 3.62. The molecule has 10 heteroatoms. The first-order valence-electron chi connectivity index (χ1n) is 14.2. The summed E-state index contributed by atoms with van der Waals surface area (Å²) in [5.74, 6) is -0.894. The van der Waals surface area contributed by atoms with Gasteiger partial charge in [0.05, 0.1) is 23.9 Å². The first-order chi connectivity index (χ1) is 20.6. The van der Waals surface area contributed by atoms with Gasteiger partial charge in [-0.1, -0.05) is 50.0 Å². The van der Waals surface area contributed by atoms with Crippen LogP contribution >= 0.6 is 11.3 Å². The lowest BCUT2D eigenvalue weighted by molar-refractivity contribution is -0.132. The van der Waals surface area contributed by atoms with Gasteiger partial charge in [-0.2, -0.15) is 0 Å². The summed E-state index contributed by atoms with van der Waals surface area (Å²) in [5.41, 5.74) is 2.12. The molecular formula is C33H34N2O7S. The Morgan fingerprint density at radius 2 is 2.05 bits per heavy atom. The van der Waals surface area contributed by atoms with E-state index in [0.29, 0.717) is 41.5 Å². The second kappa shape index (κ2) is 12.4. The zero-order valence-corrected chi connectivity index (χ0v) is 25.4. The number of nitrogens with zero attached hydrogens (tertiary/aromatic N) is 2. The molecule has 1 aromatic heterocycles. The number of ether oxygens (including phenoxy) is 3. The van der Waals surface area contributed by atoms with E-state index in [9.17, 15) is 19.5 Å². The largest absolute Gasteiger partial charge is 0.507 e. The fourth-order valence-corrected chi connectivity index (χ4v) is 6.12. The third-order valence-corrected chi connectivity index (χ3v) is 8.40. The number of fused-ring (bicyclic) bond motifs is 1. The Labute approximate surface area is 254 Å². The number of amides is 1. The zero-order chi connectivity index (χ0) is 30.8. The van der Waals surface area contributed by atoms with Crippen LogP contribution in [-0.4, -0.2) is 47.1 Å². The van der Waals surface area contributed by atoms with Gasteiger partial charge in [-0.25, -0.2) is 9.78 Å². The highest BCUT2D eigenvalue weighted by atomic mass is 32.1. The second-order valence-electron chi connectivity index (χ2n) is 11.0. The Bertz CT molecular complexity index is 1620. The minimum atomic E-state index is -1.03. The Morgan fingerprint density at radius 1 is 1.26 bits per heavy atom. The van der Waals surface area contributed by atoms with Crippen molar-refractivity contribution in [1.29, 1.82) is 0 Å². The molecule has 3 heterocycles. The van der Waals surface area contributed by atoms with Gasteiger partial charge in [-0.3, -0.25) is 14.5 Å². The number of thiazole rings is 1. The Kier molecular flexibility index (Phi) is 8.68. The molecule has 3 aromatic rings. The van der Waals surface area contributed by atoms with Gasteiger partial charge in [-0.15, -0.1) is 0 Å². The fraction of sp³-hybridized carbons (Fsp3) is 0.333. The van der Waals surface area contributed by atoms with Crippen LogP contribution in [0.25, 0.3) is 5.76 Å². The number of hydrogen-bond acceptors (Lipinski definition) is 9. The van der Waals surface area contributed by atoms with Gasteiger partial charge in [0.2, 0.25) is 0 Å². The molecule has 1 fully saturated rings. The molecule has 1 saturated heterocycles. The normalized spacial score (nSPS) is 19.0. The third-order valence-electron chi connectivity index (χ3n) is 7.26. The summed E-state index contributed by atoms with van der Waals surface area (Å²) in [6.45, 7) is 11.9. The third kappa shape index (κ3) is 6.06. The molecule has 1 N–H and O–H groups in total. The lowest BCUT2D eigenvalue weighted by atomic mass is 9.94. The van der Waals surface area contributed by atoms with Crippen molar-refractivity contribution in [3.8, 4) is 11.5 Å². The zero-order valence-electron chi connectivity index (χ0n) is 24.6. The highest BCUT2D eigenvalue weighted by molar-refractivity contribution is 7.17. The van der Waals surface area contributed by atoms with Crippen LogP contribution < -0.4 is 14.4 Å². The van der Waals surface area contributed by atoms with E-state index < -0.39 is 23.7 Å². The molecule has 0 saturated carbocycles. The number of esters is 1. The van der Waals surface area contributed by atoms with Crippen molar-refractivity contribution in [1.82, 2.24) is 4.98 Å². The van der Waals surface area contributed by atoms with E-state index in [1.807, 2.05) is 6.92 Å². The molecule has 43 heavy (non-hydrogen) atoms. The molecule has 0 unspecified atom stereocenters. The monoisotopic (exact) mass is 602 g/mol. The lowest BCUT2D eigenvalue weighted by Crippen LogP contribution is -2.29. The Morgan fingerprint density at radius 3 is 2.79 bits per heavy atom. The van der Waals surface area contributed by atoms with Crippen LogP contribution in [-0.2, 0) is 20.7 Å². The predicted molar refractivity (Wildman–Crippen MR) is 164 cm³/mol. The highest BCUT2D eigenvalue weighted by Crippen LogP contribution is 2.45. The van der Waals surface area contributed by atoms with Gasteiger partial charge in [0.1, 0.15) is 34.8 Å². The molecule has 2 aromatic carbocycles. The van der Waals surface area contributed by atoms with E-state index in [0.717, 1.165) is 29.1 Å². The van der Waals surface area contributed by atoms with Gasteiger partial charge in [0, 0.05) is 12.0 Å². The molecule has 9 nitrogen and oxygen atoms in total. The summed E-state index contributed by atoms with van der Waals surface area (Å²) >= 11 is 0.948. The van der Waals surface area contributed by atoms with Crippen molar-refractivity contribution in [2.24, 2.45) is 5.92 Å². The first kappa shape index (κ1) is 30.0. The van der Waals surface area contributed by atoms with Crippen LogP contribution in [0.2, 0.25) is 0 Å². The van der Waals surface area contributed by atoms with E-state index >= 15 is 0 Å². The summed E-state index contributed by atoms with van der Waals surface area (Å²) in [5, 5.41) is 11.8. The number of carbonyl (C=O) groups is 3. The molecule has 224 valence electrons. The number of aromatic nitrogens is 1. The van der Waals surface area contributed by atoms with Gasteiger partial charge in [-0.05, 0) is 67.6 Å². The summed E-state index contributed by atoms with van der Waals surface area (Å²) in [7, 11) is 0. The van der Waals surface area contributed by atoms with E-state index in [-0.39, 0.29) is 34.1 Å². The molecule has 2 aliphatic heterocycles. The number of carbonyl (C=O) groups excluding carboxylic acids is 3. The number of anilines is 1. The van der Waals surface area contributed by atoms with Crippen molar-refractivity contribution in [2.75, 3.05) is 18.1 Å². The number of rotatable bonds is 10. The molecule has 0 spiro atoms. The number of hydrogen-bond donors (Lipinski definition) is 1. The van der Waals surface area contributed by atoms with Gasteiger partial charge in [0.15, 0.2) is 5.13 Å². The summed E-state index contributed by atoms with van der Waals surface area (Å²) in [6.07, 6.45) is 2.96. The van der Waals surface area contributed by atoms with E-state index in [1.165, 1.54) is 11.0 Å². The predicted octanol–water partition coefficient (Wildman–Crippen LogP) is 6.17. The van der Waals surface area contributed by atoms with Gasteiger partial charge in [0.25, 0.3) is 5.78 Å². The maximum atomic E-state index is 13.7. The van der Waals surface area contributed by atoms with Crippen molar-refractivity contribution >= 4 is 39.9 Å². The maximum absolute atomic E-state index is 13.7. The lowest BCUT2D eigenvalue weighted by Gasteiger charge is -2.23. The standard InChI is InChI=1S/C33H34N2O7S/c1-6-13-41-32(39)30-20(5)34-33(43-30)35-27(21-8-7-9-24(17-21)40-14-12-18(2)3)26(29(37)31(35)38)28(36)22-10-11-25-23(16-22)15-19(4)42-25/h6-11,16-19,27,36H,1,12-15H2,2-5H3/b28-26+/t19-,27+/m0/s1. The van der Waals surface area contributed by atoms with Crippen LogP contribution in [0.15, 0.2) is 60.7 Å². The fourth-order valence-electron chi connectivity index (χ4n) is 5.13. The van der Waals surface area contributed by atoms with Crippen molar-refractivity contribution in [3.63, 3.8) is 0 Å². The molecule has 2 aliphatic rings. The van der Waals surface area contributed by atoms with E-state index in [2.05, 4.69) is 25.4 Å². The number of aliphatic hydroxyl groups is 1. The summed E-state index contributed by atoms with van der Waals surface area (Å²) in [6, 6.07) is 11.3.